The molecule has 6 heteroatoms. The number of hydrogen-bond donors (Lipinski definition) is 1. The average Bonchev–Trinajstić information content (AvgIpc) is 2.61. The van der Waals surface area contributed by atoms with Crippen molar-refractivity contribution in [1.29, 1.82) is 0 Å². The van der Waals surface area contributed by atoms with Crippen LogP contribution in [0.1, 0.15) is 15.9 Å². The minimum atomic E-state index is -0.399. The van der Waals surface area contributed by atoms with Crippen LogP contribution in [0.15, 0.2) is 55.3 Å². The zero-order valence-electron chi connectivity index (χ0n) is 14.1. The molecule has 1 aromatic heterocycles. The van der Waals surface area contributed by atoms with E-state index in [9.17, 15) is 4.79 Å². The van der Waals surface area contributed by atoms with E-state index in [0.29, 0.717) is 23.6 Å². The van der Waals surface area contributed by atoms with E-state index in [-0.39, 0.29) is 15.6 Å². The largest absolute Gasteiger partial charge is 0.489 e. The van der Waals surface area contributed by atoms with Gasteiger partial charge in [0.2, 0.25) is 0 Å². The number of benzene rings is 2. The van der Waals surface area contributed by atoms with Crippen LogP contribution in [0, 0.1) is 6.92 Å². The maximum Gasteiger partial charge on any atom is 0.258 e. The van der Waals surface area contributed by atoms with Gasteiger partial charge in [0, 0.05) is 17.1 Å². The monoisotopic (exact) mass is 386 g/mol. The minimum Gasteiger partial charge on any atom is -0.489 e. The summed E-state index contributed by atoms with van der Waals surface area (Å²) in [5.41, 5.74) is 2.29. The highest BCUT2D eigenvalue weighted by atomic mass is 35.5. The molecule has 0 saturated carbocycles. The molecule has 4 nitrogen and oxygen atoms in total. The molecule has 0 atom stereocenters. The maximum absolute atomic E-state index is 12.7. The summed E-state index contributed by atoms with van der Waals surface area (Å²) in [6.07, 6.45) is 3.38. The van der Waals surface area contributed by atoms with Gasteiger partial charge in [-0.2, -0.15) is 0 Å². The van der Waals surface area contributed by atoms with E-state index in [2.05, 4.69) is 16.9 Å². The number of ether oxygens (including phenoxy) is 1. The molecule has 3 aromatic rings. The van der Waals surface area contributed by atoms with Crippen molar-refractivity contribution in [2.24, 2.45) is 0 Å². The molecule has 1 heterocycles. The topological polar surface area (TPSA) is 51.2 Å². The summed E-state index contributed by atoms with van der Waals surface area (Å²) < 4.78 is 5.77. The van der Waals surface area contributed by atoms with Gasteiger partial charge in [0.25, 0.3) is 5.91 Å². The molecule has 0 aliphatic rings. The van der Waals surface area contributed by atoms with Gasteiger partial charge in [0.1, 0.15) is 12.4 Å². The Bertz CT molecular complexity index is 982. The SMILES string of the molecule is C=CCOc1c(C)cnc2c(NC(=O)c3c(Cl)cccc3Cl)cccc12. The molecule has 0 fully saturated rings. The lowest BCUT2D eigenvalue weighted by atomic mass is 10.1. The summed E-state index contributed by atoms with van der Waals surface area (Å²) >= 11 is 12.2. The van der Waals surface area contributed by atoms with Crippen LogP contribution in [0.3, 0.4) is 0 Å². The molecule has 0 aliphatic heterocycles. The van der Waals surface area contributed by atoms with Crippen LogP contribution in [-0.4, -0.2) is 17.5 Å². The lowest BCUT2D eigenvalue weighted by Gasteiger charge is -2.14. The van der Waals surface area contributed by atoms with Crippen LogP contribution in [0.25, 0.3) is 10.9 Å². The number of carbonyl (C=O) groups is 1. The highest BCUT2D eigenvalue weighted by Crippen LogP contribution is 2.33. The van der Waals surface area contributed by atoms with Crippen molar-refractivity contribution in [2.75, 3.05) is 11.9 Å². The van der Waals surface area contributed by atoms with Crippen molar-refractivity contribution in [3.05, 3.63) is 76.4 Å². The van der Waals surface area contributed by atoms with Gasteiger partial charge >= 0.3 is 0 Å². The Morgan fingerprint density at radius 1 is 1.23 bits per heavy atom. The number of anilines is 1. The number of para-hydroxylation sites is 1. The van der Waals surface area contributed by atoms with E-state index in [1.165, 1.54) is 0 Å². The molecule has 26 heavy (non-hydrogen) atoms. The van der Waals surface area contributed by atoms with Crippen molar-refractivity contribution >= 4 is 45.7 Å². The average molecular weight is 387 g/mol. The van der Waals surface area contributed by atoms with Crippen LogP contribution in [0.4, 0.5) is 5.69 Å². The summed E-state index contributed by atoms with van der Waals surface area (Å²) in [7, 11) is 0. The summed E-state index contributed by atoms with van der Waals surface area (Å²) in [5.74, 6) is 0.311. The minimum absolute atomic E-state index is 0.225. The molecular formula is C20H16Cl2N2O2. The number of fused-ring (bicyclic) bond motifs is 1. The van der Waals surface area contributed by atoms with Gasteiger partial charge in [-0.25, -0.2) is 0 Å². The summed E-state index contributed by atoms with van der Waals surface area (Å²) in [5, 5.41) is 4.21. The standard InChI is InChI=1S/C20H16Cl2N2O2/c1-3-10-26-19-12(2)11-23-18-13(19)6-4-9-16(18)24-20(25)17-14(21)7-5-8-15(17)22/h3-9,11H,1,10H2,2H3,(H,24,25). The Morgan fingerprint density at radius 3 is 2.62 bits per heavy atom. The third-order valence-electron chi connectivity index (χ3n) is 3.81. The van der Waals surface area contributed by atoms with Crippen molar-refractivity contribution < 1.29 is 9.53 Å². The second-order valence-corrected chi connectivity index (χ2v) is 6.44. The Hall–Kier alpha value is -2.56. The number of rotatable bonds is 5. The number of amides is 1. The van der Waals surface area contributed by atoms with Crippen molar-refractivity contribution in [3.8, 4) is 5.75 Å². The molecule has 0 bridgehead atoms. The molecule has 1 amide bonds. The van der Waals surface area contributed by atoms with Gasteiger partial charge in [0.05, 0.1) is 26.8 Å². The van der Waals surface area contributed by atoms with Crippen LogP contribution in [-0.2, 0) is 0 Å². The highest BCUT2D eigenvalue weighted by Gasteiger charge is 2.17. The summed E-state index contributed by atoms with van der Waals surface area (Å²) in [4.78, 5) is 17.1. The number of nitrogens with one attached hydrogen (secondary N) is 1. The first kappa shape index (κ1) is 18.2. The molecule has 3 rings (SSSR count). The van der Waals surface area contributed by atoms with E-state index < -0.39 is 5.91 Å². The fourth-order valence-corrected chi connectivity index (χ4v) is 3.20. The Kier molecular flexibility index (Phi) is 5.45. The first-order valence-electron chi connectivity index (χ1n) is 7.90. The Labute approximate surface area is 161 Å². The lowest BCUT2D eigenvalue weighted by molar-refractivity contribution is 0.102. The molecule has 0 radical (unpaired) electrons. The fraction of sp³-hybridized carbons (Fsp3) is 0.100. The molecule has 132 valence electrons. The summed E-state index contributed by atoms with van der Waals surface area (Å²) in [6, 6.07) is 10.4. The predicted octanol–water partition coefficient (Wildman–Crippen LogP) is 5.67. The van der Waals surface area contributed by atoms with Gasteiger partial charge < -0.3 is 10.1 Å². The fourth-order valence-electron chi connectivity index (χ4n) is 2.63. The molecule has 0 saturated heterocycles. The number of aromatic nitrogens is 1. The molecule has 2 aromatic carbocycles. The van der Waals surface area contributed by atoms with Crippen molar-refractivity contribution in [3.63, 3.8) is 0 Å². The van der Waals surface area contributed by atoms with Gasteiger partial charge in [0.15, 0.2) is 0 Å². The molecule has 0 unspecified atom stereocenters. The van der Waals surface area contributed by atoms with Crippen LogP contribution >= 0.6 is 23.2 Å². The van der Waals surface area contributed by atoms with E-state index >= 15 is 0 Å². The van der Waals surface area contributed by atoms with Crippen LogP contribution in [0.2, 0.25) is 10.0 Å². The smallest absolute Gasteiger partial charge is 0.258 e. The molecule has 1 N–H and O–H groups in total. The zero-order chi connectivity index (χ0) is 18.7. The third kappa shape index (κ3) is 3.52. The van der Waals surface area contributed by atoms with Crippen LogP contribution in [0.5, 0.6) is 5.75 Å². The van der Waals surface area contributed by atoms with E-state index in [1.54, 1.807) is 36.5 Å². The van der Waals surface area contributed by atoms with E-state index in [0.717, 1.165) is 10.9 Å². The number of nitrogens with zero attached hydrogens (tertiary/aromatic N) is 1. The van der Waals surface area contributed by atoms with Crippen molar-refractivity contribution in [1.82, 2.24) is 4.98 Å². The summed E-state index contributed by atoms with van der Waals surface area (Å²) in [6.45, 7) is 5.97. The number of hydrogen-bond acceptors (Lipinski definition) is 3. The molecule has 0 spiro atoms. The van der Waals surface area contributed by atoms with Crippen LogP contribution < -0.4 is 10.1 Å². The van der Waals surface area contributed by atoms with Gasteiger partial charge in [-0.1, -0.05) is 48.0 Å². The van der Waals surface area contributed by atoms with E-state index in [1.807, 2.05) is 19.1 Å². The molecular weight excluding hydrogens is 371 g/mol. The third-order valence-corrected chi connectivity index (χ3v) is 4.44. The number of halogens is 2. The predicted molar refractivity (Wildman–Crippen MR) is 107 cm³/mol. The highest BCUT2D eigenvalue weighted by molar-refractivity contribution is 6.40. The number of carbonyl (C=O) groups excluding carboxylic acids is 1. The first-order chi connectivity index (χ1) is 12.5. The quantitative estimate of drug-likeness (QED) is 0.574. The second kappa shape index (κ2) is 7.77. The second-order valence-electron chi connectivity index (χ2n) is 5.62. The normalized spacial score (nSPS) is 10.6. The molecule has 0 aliphatic carbocycles. The number of pyridine rings is 1. The number of aryl methyl sites for hydroxylation is 1. The zero-order valence-corrected chi connectivity index (χ0v) is 15.6. The Morgan fingerprint density at radius 2 is 1.92 bits per heavy atom. The maximum atomic E-state index is 12.7. The van der Waals surface area contributed by atoms with Gasteiger partial charge in [-0.3, -0.25) is 9.78 Å². The Balaban J connectivity index is 2.03. The van der Waals surface area contributed by atoms with Crippen molar-refractivity contribution in [2.45, 2.75) is 6.92 Å². The lowest BCUT2D eigenvalue weighted by Crippen LogP contribution is -2.13. The van der Waals surface area contributed by atoms with Gasteiger partial charge in [-0.15, -0.1) is 0 Å². The van der Waals surface area contributed by atoms with Gasteiger partial charge in [-0.05, 0) is 31.2 Å². The van der Waals surface area contributed by atoms with E-state index in [4.69, 9.17) is 27.9 Å². The first-order valence-corrected chi connectivity index (χ1v) is 8.66.